The van der Waals surface area contributed by atoms with Gasteiger partial charge in [-0.15, -0.1) is 0 Å². The maximum Gasteiger partial charge on any atom is 0.339 e. The Balaban J connectivity index is 0.00000169. The highest BCUT2D eigenvalue weighted by Crippen LogP contribution is 2.15. The number of hydrogen-bond donors (Lipinski definition) is 0. The molecule has 0 aliphatic rings. The SMILES string of the molecule is C.C=CCOC(=O)c1ccccc1Cl. The summed E-state index contributed by atoms with van der Waals surface area (Å²) in [5.74, 6) is -0.425. The van der Waals surface area contributed by atoms with Crippen LogP contribution in [-0.4, -0.2) is 12.6 Å². The second-order valence-corrected chi connectivity index (χ2v) is 2.77. The fourth-order valence-corrected chi connectivity index (χ4v) is 1.05. The highest BCUT2D eigenvalue weighted by atomic mass is 35.5. The molecular weight excluding hydrogens is 200 g/mol. The summed E-state index contributed by atoms with van der Waals surface area (Å²) in [5.41, 5.74) is 0.381. The van der Waals surface area contributed by atoms with Gasteiger partial charge in [0, 0.05) is 0 Å². The predicted octanol–water partition coefficient (Wildman–Crippen LogP) is 3.32. The number of carbonyl (C=O) groups is 1. The van der Waals surface area contributed by atoms with E-state index in [1.165, 1.54) is 6.08 Å². The third-order valence-corrected chi connectivity index (χ3v) is 1.76. The minimum atomic E-state index is -0.425. The Morgan fingerprint density at radius 1 is 1.50 bits per heavy atom. The molecule has 1 aromatic rings. The van der Waals surface area contributed by atoms with Gasteiger partial charge in [0.2, 0.25) is 0 Å². The molecule has 14 heavy (non-hydrogen) atoms. The van der Waals surface area contributed by atoms with Gasteiger partial charge in [0.1, 0.15) is 6.61 Å². The summed E-state index contributed by atoms with van der Waals surface area (Å²) >= 11 is 5.77. The summed E-state index contributed by atoms with van der Waals surface area (Å²) in [6, 6.07) is 6.75. The smallest absolute Gasteiger partial charge is 0.339 e. The average molecular weight is 213 g/mol. The lowest BCUT2D eigenvalue weighted by atomic mass is 10.2. The van der Waals surface area contributed by atoms with Gasteiger partial charge in [0.05, 0.1) is 10.6 Å². The first kappa shape index (κ1) is 12.7. The third-order valence-electron chi connectivity index (χ3n) is 1.43. The van der Waals surface area contributed by atoms with Crippen LogP contribution in [-0.2, 0) is 4.74 Å². The first-order chi connectivity index (χ1) is 6.25. The van der Waals surface area contributed by atoms with Gasteiger partial charge in [-0.1, -0.05) is 43.8 Å². The van der Waals surface area contributed by atoms with Crippen LogP contribution < -0.4 is 0 Å². The van der Waals surface area contributed by atoms with Crippen LogP contribution in [0.1, 0.15) is 17.8 Å². The lowest BCUT2D eigenvalue weighted by molar-refractivity contribution is 0.0550. The van der Waals surface area contributed by atoms with E-state index in [0.717, 1.165) is 0 Å². The molecule has 0 fully saturated rings. The molecule has 0 amide bonds. The number of rotatable bonds is 3. The van der Waals surface area contributed by atoms with E-state index in [4.69, 9.17) is 16.3 Å². The molecule has 0 spiro atoms. The Hall–Kier alpha value is -1.28. The van der Waals surface area contributed by atoms with Gasteiger partial charge in [-0.3, -0.25) is 0 Å². The van der Waals surface area contributed by atoms with Crippen LogP contribution in [0.3, 0.4) is 0 Å². The van der Waals surface area contributed by atoms with Crippen LogP contribution in [0.25, 0.3) is 0 Å². The minimum absolute atomic E-state index is 0. The molecule has 1 aromatic carbocycles. The van der Waals surface area contributed by atoms with Crippen molar-refractivity contribution in [2.75, 3.05) is 6.61 Å². The van der Waals surface area contributed by atoms with Crippen molar-refractivity contribution in [3.8, 4) is 0 Å². The van der Waals surface area contributed by atoms with Gasteiger partial charge in [-0.05, 0) is 12.1 Å². The molecule has 0 saturated carbocycles. The topological polar surface area (TPSA) is 26.3 Å². The van der Waals surface area contributed by atoms with E-state index in [-0.39, 0.29) is 14.0 Å². The zero-order chi connectivity index (χ0) is 9.68. The number of carbonyl (C=O) groups excluding carboxylic acids is 1. The van der Waals surface area contributed by atoms with Crippen molar-refractivity contribution >= 4 is 17.6 Å². The zero-order valence-corrected chi connectivity index (χ0v) is 7.75. The van der Waals surface area contributed by atoms with Crippen LogP contribution in [0.15, 0.2) is 36.9 Å². The molecule has 3 heteroatoms. The quantitative estimate of drug-likeness (QED) is 0.568. The number of halogens is 1. The van der Waals surface area contributed by atoms with Crippen molar-refractivity contribution in [3.63, 3.8) is 0 Å². The summed E-state index contributed by atoms with van der Waals surface area (Å²) in [6.45, 7) is 3.64. The van der Waals surface area contributed by atoms with E-state index in [1.54, 1.807) is 24.3 Å². The molecule has 0 aliphatic carbocycles. The van der Waals surface area contributed by atoms with Gasteiger partial charge in [0.15, 0.2) is 0 Å². The lowest BCUT2D eigenvalue weighted by Crippen LogP contribution is -2.05. The Bertz CT molecular complexity index is 321. The van der Waals surface area contributed by atoms with Gasteiger partial charge in [-0.2, -0.15) is 0 Å². The van der Waals surface area contributed by atoms with E-state index in [9.17, 15) is 4.79 Å². The first-order valence-corrected chi connectivity index (χ1v) is 4.16. The second-order valence-electron chi connectivity index (χ2n) is 2.37. The maximum atomic E-state index is 11.3. The zero-order valence-electron chi connectivity index (χ0n) is 7.00. The van der Waals surface area contributed by atoms with Crippen molar-refractivity contribution < 1.29 is 9.53 Å². The Morgan fingerprint density at radius 2 is 2.14 bits per heavy atom. The van der Waals surface area contributed by atoms with Crippen molar-refractivity contribution in [2.24, 2.45) is 0 Å². The third kappa shape index (κ3) is 3.23. The van der Waals surface area contributed by atoms with Crippen molar-refractivity contribution in [2.45, 2.75) is 7.43 Å². The lowest BCUT2D eigenvalue weighted by Gasteiger charge is -2.02. The molecule has 0 N–H and O–H groups in total. The molecule has 0 atom stereocenters. The summed E-state index contributed by atoms with van der Waals surface area (Å²) in [5, 5.41) is 0.400. The summed E-state index contributed by atoms with van der Waals surface area (Å²) in [4.78, 5) is 11.3. The molecule has 1 rings (SSSR count). The Labute approximate surface area is 89.2 Å². The molecule has 0 unspecified atom stereocenters. The molecule has 2 nitrogen and oxygen atoms in total. The van der Waals surface area contributed by atoms with Crippen LogP contribution in [0.2, 0.25) is 5.02 Å². The van der Waals surface area contributed by atoms with Gasteiger partial charge < -0.3 is 4.74 Å². The van der Waals surface area contributed by atoms with Crippen LogP contribution in [0.4, 0.5) is 0 Å². The molecule has 76 valence electrons. The maximum absolute atomic E-state index is 11.3. The number of esters is 1. The molecule has 0 radical (unpaired) electrons. The largest absolute Gasteiger partial charge is 0.458 e. The van der Waals surface area contributed by atoms with Crippen molar-refractivity contribution in [1.82, 2.24) is 0 Å². The summed E-state index contributed by atoms with van der Waals surface area (Å²) in [6.07, 6.45) is 1.51. The standard InChI is InChI=1S/C10H9ClO2.CH4/c1-2-7-13-10(12)8-5-3-4-6-9(8)11;/h2-6H,1,7H2;1H4. The normalized spacial score (nSPS) is 8.64. The van der Waals surface area contributed by atoms with E-state index in [2.05, 4.69) is 6.58 Å². The van der Waals surface area contributed by atoms with Gasteiger partial charge in [0.25, 0.3) is 0 Å². The minimum Gasteiger partial charge on any atom is -0.458 e. The molecule has 0 aliphatic heterocycles. The number of ether oxygens (including phenoxy) is 1. The second kappa shape index (κ2) is 6.22. The predicted molar refractivity (Wildman–Crippen MR) is 58.7 cm³/mol. The van der Waals surface area contributed by atoms with E-state index in [1.807, 2.05) is 0 Å². The highest BCUT2D eigenvalue weighted by molar-refractivity contribution is 6.33. The fraction of sp³-hybridized carbons (Fsp3) is 0.182. The Morgan fingerprint density at radius 3 is 2.71 bits per heavy atom. The van der Waals surface area contributed by atoms with Crippen LogP contribution in [0.5, 0.6) is 0 Å². The average Bonchev–Trinajstić information content (AvgIpc) is 2.15. The van der Waals surface area contributed by atoms with E-state index < -0.39 is 5.97 Å². The monoisotopic (exact) mass is 212 g/mol. The highest BCUT2D eigenvalue weighted by Gasteiger charge is 2.09. The van der Waals surface area contributed by atoms with E-state index >= 15 is 0 Å². The van der Waals surface area contributed by atoms with Crippen LogP contribution in [0, 0.1) is 0 Å². The molecule has 0 heterocycles. The Kier molecular flexibility index (Phi) is 5.65. The van der Waals surface area contributed by atoms with Crippen LogP contribution >= 0.6 is 11.6 Å². The molecule has 0 saturated heterocycles. The first-order valence-electron chi connectivity index (χ1n) is 3.78. The van der Waals surface area contributed by atoms with Crippen molar-refractivity contribution in [3.05, 3.63) is 47.5 Å². The molecular formula is C11H13ClO2. The van der Waals surface area contributed by atoms with Crippen molar-refractivity contribution in [1.29, 1.82) is 0 Å². The van der Waals surface area contributed by atoms with Gasteiger partial charge in [-0.25, -0.2) is 4.79 Å². The van der Waals surface area contributed by atoms with E-state index in [0.29, 0.717) is 10.6 Å². The molecule has 0 bridgehead atoms. The summed E-state index contributed by atoms with van der Waals surface area (Å²) in [7, 11) is 0. The molecule has 0 aromatic heterocycles. The fourth-order valence-electron chi connectivity index (χ4n) is 0.839. The number of hydrogen-bond acceptors (Lipinski definition) is 2. The summed E-state index contributed by atoms with van der Waals surface area (Å²) < 4.78 is 4.82. The number of benzene rings is 1. The van der Waals surface area contributed by atoms with Gasteiger partial charge >= 0.3 is 5.97 Å².